The number of ether oxygens (including phenoxy) is 2. The fourth-order valence-electron chi connectivity index (χ4n) is 8.67. The van der Waals surface area contributed by atoms with Crippen molar-refractivity contribution in [3.63, 3.8) is 0 Å². The third kappa shape index (κ3) is 52.4. The van der Waals surface area contributed by atoms with Crippen LogP contribution in [0.25, 0.3) is 0 Å². The van der Waals surface area contributed by atoms with Gasteiger partial charge in [0.05, 0.1) is 27.7 Å². The first kappa shape index (κ1) is 65.0. The van der Waals surface area contributed by atoms with Crippen molar-refractivity contribution in [3.8, 4) is 0 Å². The lowest BCUT2D eigenvalue weighted by atomic mass is 10.0. The van der Waals surface area contributed by atoms with E-state index in [1.165, 1.54) is 231 Å². The minimum absolute atomic E-state index is 0.0373. The van der Waals surface area contributed by atoms with Crippen molar-refractivity contribution >= 4 is 19.8 Å². The number of hydrogen-bond acceptors (Lipinski definition) is 7. The van der Waals surface area contributed by atoms with E-state index in [1.807, 2.05) is 21.1 Å². The third-order valence-corrected chi connectivity index (χ3v) is 14.1. The van der Waals surface area contributed by atoms with Gasteiger partial charge in [0.1, 0.15) is 19.8 Å². The Morgan fingerprint density at radius 1 is 0.409 bits per heavy atom. The molecule has 9 nitrogen and oxygen atoms in total. The Bertz CT molecular complexity index is 1080. The van der Waals surface area contributed by atoms with Gasteiger partial charge in [-0.3, -0.25) is 18.6 Å². The molecular weight excluding hydrogens is 846 g/mol. The predicted octanol–water partition coefficient (Wildman–Crippen LogP) is 17.5. The highest BCUT2D eigenvalue weighted by molar-refractivity contribution is 7.47. The van der Waals surface area contributed by atoms with Gasteiger partial charge in [0, 0.05) is 12.8 Å². The Hall–Kier alpha value is -0.990. The van der Waals surface area contributed by atoms with Gasteiger partial charge in [-0.25, -0.2) is 4.57 Å². The second-order valence-corrected chi connectivity index (χ2v) is 22.5. The molecule has 0 heterocycles. The fraction of sp³-hybridized carbons (Fsp3) is 0.964. The highest BCUT2D eigenvalue weighted by Gasteiger charge is 2.27. The number of quaternary nitrogens is 1. The SMILES string of the molecule is CCCCCCCCCCCCCCCCCCCCCCCCCCCCCC(=O)OC(COC(=O)CCCCCCCCCCCCCCCCC)COP(=O)(O)OCC[N+](C)(C)C. The van der Waals surface area contributed by atoms with E-state index in [0.29, 0.717) is 17.4 Å². The van der Waals surface area contributed by atoms with Crippen molar-refractivity contribution in [1.82, 2.24) is 0 Å². The van der Waals surface area contributed by atoms with Crippen molar-refractivity contribution in [2.45, 2.75) is 302 Å². The van der Waals surface area contributed by atoms with E-state index < -0.39 is 26.5 Å². The first-order valence-electron chi connectivity index (χ1n) is 28.8. The number of phosphoric ester groups is 1. The number of likely N-dealkylation sites (N-methyl/N-ethyl adjacent to an activating group) is 1. The average molecular weight is 959 g/mol. The summed E-state index contributed by atoms with van der Waals surface area (Å²) >= 11 is 0. The average Bonchev–Trinajstić information content (AvgIpc) is 3.27. The standard InChI is InChI=1S/C56H112NO8P/c1-6-8-10-12-14-16-18-20-22-23-24-25-26-27-28-29-30-31-32-33-35-37-39-41-43-45-47-49-56(59)65-54(53-64-66(60,61)63-51-50-57(3,4)5)52-62-55(58)48-46-44-42-40-38-36-34-21-19-17-15-13-11-9-7-2/h54H,6-53H2,1-5H3/p+1. The monoisotopic (exact) mass is 959 g/mol. The molecule has 10 heteroatoms. The molecule has 0 amide bonds. The number of esters is 2. The molecule has 394 valence electrons. The molecule has 0 spiro atoms. The van der Waals surface area contributed by atoms with Crippen LogP contribution in [-0.2, 0) is 32.7 Å². The van der Waals surface area contributed by atoms with Crippen LogP contribution in [0, 0.1) is 0 Å². The van der Waals surface area contributed by atoms with Gasteiger partial charge in [-0.1, -0.05) is 271 Å². The summed E-state index contributed by atoms with van der Waals surface area (Å²) in [6.07, 6.45) is 54.6. The Balaban J connectivity index is 4.05. The van der Waals surface area contributed by atoms with Gasteiger partial charge in [0.25, 0.3) is 0 Å². The lowest BCUT2D eigenvalue weighted by Crippen LogP contribution is -2.37. The first-order chi connectivity index (χ1) is 32.0. The van der Waals surface area contributed by atoms with E-state index in [4.69, 9.17) is 18.5 Å². The molecule has 0 radical (unpaired) electrons. The summed E-state index contributed by atoms with van der Waals surface area (Å²) in [6, 6.07) is 0. The smallest absolute Gasteiger partial charge is 0.462 e. The second-order valence-electron chi connectivity index (χ2n) is 21.0. The quantitative estimate of drug-likeness (QED) is 0.0278. The minimum Gasteiger partial charge on any atom is -0.462 e. The molecule has 0 rings (SSSR count). The molecule has 0 saturated heterocycles. The summed E-state index contributed by atoms with van der Waals surface area (Å²) < 4.78 is 34.5. The van der Waals surface area contributed by atoms with Crippen LogP contribution < -0.4 is 0 Å². The van der Waals surface area contributed by atoms with Gasteiger partial charge >= 0.3 is 19.8 Å². The van der Waals surface area contributed by atoms with Crippen LogP contribution in [-0.4, -0.2) is 74.9 Å². The number of rotatable bonds is 54. The maximum absolute atomic E-state index is 12.8. The zero-order valence-corrected chi connectivity index (χ0v) is 45.6. The third-order valence-electron chi connectivity index (χ3n) is 13.1. The first-order valence-corrected chi connectivity index (χ1v) is 30.3. The maximum Gasteiger partial charge on any atom is 0.472 e. The van der Waals surface area contributed by atoms with Crippen LogP contribution in [0.4, 0.5) is 0 Å². The van der Waals surface area contributed by atoms with Gasteiger partial charge < -0.3 is 18.9 Å². The molecular formula is C56H113NO8P+. The van der Waals surface area contributed by atoms with Crippen molar-refractivity contribution in [3.05, 3.63) is 0 Å². The van der Waals surface area contributed by atoms with Crippen LogP contribution >= 0.6 is 7.82 Å². The molecule has 0 aliphatic rings. The van der Waals surface area contributed by atoms with Gasteiger partial charge in [-0.2, -0.15) is 0 Å². The summed E-state index contributed by atoms with van der Waals surface area (Å²) in [6.45, 7) is 4.50. The van der Waals surface area contributed by atoms with Crippen molar-refractivity contribution in [2.75, 3.05) is 47.5 Å². The van der Waals surface area contributed by atoms with Gasteiger partial charge in [0.2, 0.25) is 0 Å². The molecule has 0 aromatic heterocycles. The van der Waals surface area contributed by atoms with Gasteiger partial charge in [-0.15, -0.1) is 0 Å². The molecule has 0 aromatic carbocycles. The summed E-state index contributed by atoms with van der Waals surface area (Å²) in [4.78, 5) is 35.6. The Morgan fingerprint density at radius 2 is 0.682 bits per heavy atom. The Morgan fingerprint density at radius 3 is 0.970 bits per heavy atom. The summed E-state index contributed by atoms with van der Waals surface area (Å²) in [5.41, 5.74) is 0. The lowest BCUT2D eigenvalue weighted by Gasteiger charge is -2.24. The highest BCUT2D eigenvalue weighted by Crippen LogP contribution is 2.43. The van der Waals surface area contributed by atoms with E-state index >= 15 is 0 Å². The molecule has 0 aliphatic heterocycles. The van der Waals surface area contributed by atoms with E-state index in [0.717, 1.165) is 38.5 Å². The van der Waals surface area contributed by atoms with Gasteiger partial charge in [0.15, 0.2) is 6.10 Å². The lowest BCUT2D eigenvalue weighted by molar-refractivity contribution is -0.870. The zero-order chi connectivity index (χ0) is 48.5. The van der Waals surface area contributed by atoms with Gasteiger partial charge in [-0.05, 0) is 12.8 Å². The molecule has 0 fully saturated rings. The number of carbonyl (C=O) groups excluding carboxylic acids is 2. The number of carbonyl (C=O) groups is 2. The zero-order valence-electron chi connectivity index (χ0n) is 44.7. The van der Waals surface area contributed by atoms with Crippen molar-refractivity contribution < 1.29 is 42.1 Å². The molecule has 0 aliphatic carbocycles. The van der Waals surface area contributed by atoms with Crippen LogP contribution in [0.15, 0.2) is 0 Å². The van der Waals surface area contributed by atoms with Crippen LogP contribution in [0.2, 0.25) is 0 Å². The molecule has 1 N–H and O–H groups in total. The predicted molar refractivity (Wildman–Crippen MR) is 280 cm³/mol. The van der Waals surface area contributed by atoms with E-state index in [2.05, 4.69) is 13.8 Å². The van der Waals surface area contributed by atoms with Crippen LogP contribution in [0.3, 0.4) is 0 Å². The van der Waals surface area contributed by atoms with Crippen molar-refractivity contribution in [1.29, 1.82) is 0 Å². The van der Waals surface area contributed by atoms with E-state index in [9.17, 15) is 19.0 Å². The Kier molecular flexibility index (Phi) is 48.3. The largest absolute Gasteiger partial charge is 0.472 e. The molecule has 2 unspecified atom stereocenters. The second kappa shape index (κ2) is 49.0. The molecule has 66 heavy (non-hydrogen) atoms. The maximum atomic E-state index is 12.8. The van der Waals surface area contributed by atoms with Crippen LogP contribution in [0.5, 0.6) is 0 Å². The summed E-state index contributed by atoms with van der Waals surface area (Å²) in [7, 11) is 1.50. The number of hydrogen-bond donors (Lipinski definition) is 1. The topological polar surface area (TPSA) is 108 Å². The number of phosphoric acid groups is 1. The molecule has 0 bridgehead atoms. The van der Waals surface area contributed by atoms with E-state index in [-0.39, 0.29) is 25.6 Å². The Labute approximate surface area is 410 Å². The molecule has 0 aromatic rings. The molecule has 0 saturated carbocycles. The number of unbranched alkanes of at least 4 members (excludes halogenated alkanes) is 40. The normalized spacial score (nSPS) is 13.2. The summed E-state index contributed by atoms with van der Waals surface area (Å²) in [5, 5.41) is 0. The highest BCUT2D eigenvalue weighted by atomic mass is 31.2. The minimum atomic E-state index is -4.37. The van der Waals surface area contributed by atoms with Crippen molar-refractivity contribution in [2.24, 2.45) is 0 Å². The fourth-order valence-corrected chi connectivity index (χ4v) is 9.41. The van der Waals surface area contributed by atoms with Crippen LogP contribution in [0.1, 0.15) is 296 Å². The molecule has 2 atom stereocenters. The van der Waals surface area contributed by atoms with E-state index in [1.54, 1.807) is 0 Å². The number of nitrogens with zero attached hydrogens (tertiary/aromatic N) is 1. The summed E-state index contributed by atoms with van der Waals surface area (Å²) in [5.74, 6) is -0.775.